The lowest BCUT2D eigenvalue weighted by molar-refractivity contribution is 0.612. The summed E-state index contributed by atoms with van der Waals surface area (Å²) >= 11 is 0. The Morgan fingerprint density at radius 1 is 1.15 bits per heavy atom. The van der Waals surface area contributed by atoms with Crippen molar-refractivity contribution in [2.75, 3.05) is 23.3 Å². The number of halogens is 1. The minimum atomic E-state index is -0.212. The molecule has 2 aromatic rings. The van der Waals surface area contributed by atoms with Crippen molar-refractivity contribution in [3.8, 4) is 0 Å². The van der Waals surface area contributed by atoms with Crippen LogP contribution in [0, 0.1) is 5.82 Å². The van der Waals surface area contributed by atoms with Gasteiger partial charge >= 0.3 is 0 Å². The molecule has 1 aromatic heterocycles. The molecule has 0 radical (unpaired) electrons. The fraction of sp³-hybridized carbons (Fsp3) is 0.333. The van der Waals surface area contributed by atoms with Crippen LogP contribution in [-0.4, -0.2) is 23.1 Å². The Hall–Kier alpha value is -2.17. The number of anilines is 2. The Labute approximate surface area is 117 Å². The zero-order valence-electron chi connectivity index (χ0n) is 11.2. The Balaban J connectivity index is 1.68. The molecule has 0 saturated carbocycles. The van der Waals surface area contributed by atoms with Gasteiger partial charge in [0.2, 0.25) is 5.95 Å². The number of hydrogen-bond acceptors (Lipinski definition) is 4. The Morgan fingerprint density at radius 3 is 2.75 bits per heavy atom. The SMILES string of the molecule is Fc1ccccc1CNc1nccc(N2CCCC2)n1. The van der Waals surface area contributed by atoms with Gasteiger partial charge in [-0.05, 0) is 25.0 Å². The number of benzene rings is 1. The van der Waals surface area contributed by atoms with Crippen molar-refractivity contribution < 1.29 is 4.39 Å². The van der Waals surface area contributed by atoms with E-state index >= 15 is 0 Å². The normalized spacial score (nSPS) is 14.6. The van der Waals surface area contributed by atoms with Crippen molar-refractivity contribution in [3.63, 3.8) is 0 Å². The van der Waals surface area contributed by atoms with Crippen molar-refractivity contribution in [1.82, 2.24) is 9.97 Å². The molecule has 0 atom stereocenters. The minimum absolute atomic E-state index is 0.212. The average Bonchev–Trinajstić information content (AvgIpc) is 3.01. The molecule has 1 aliphatic heterocycles. The first kappa shape index (κ1) is 12.8. The van der Waals surface area contributed by atoms with Crippen LogP contribution in [0.4, 0.5) is 16.2 Å². The molecule has 1 aliphatic rings. The molecule has 0 aliphatic carbocycles. The van der Waals surface area contributed by atoms with E-state index in [9.17, 15) is 4.39 Å². The summed E-state index contributed by atoms with van der Waals surface area (Å²) in [6, 6.07) is 8.63. The summed E-state index contributed by atoms with van der Waals surface area (Å²) in [7, 11) is 0. The number of rotatable bonds is 4. The van der Waals surface area contributed by atoms with Gasteiger partial charge in [0, 0.05) is 31.4 Å². The van der Waals surface area contributed by atoms with E-state index in [-0.39, 0.29) is 5.82 Å². The Bertz CT molecular complexity index is 582. The lowest BCUT2D eigenvalue weighted by Gasteiger charge is -2.16. The zero-order chi connectivity index (χ0) is 13.8. The summed E-state index contributed by atoms with van der Waals surface area (Å²) in [5, 5.41) is 3.08. The van der Waals surface area contributed by atoms with Crippen molar-refractivity contribution in [2.24, 2.45) is 0 Å². The first-order valence-corrected chi connectivity index (χ1v) is 6.88. The summed E-state index contributed by atoms with van der Waals surface area (Å²) in [5.74, 6) is 1.27. The third-order valence-electron chi connectivity index (χ3n) is 3.47. The monoisotopic (exact) mass is 272 g/mol. The first-order chi connectivity index (χ1) is 9.83. The van der Waals surface area contributed by atoms with Gasteiger partial charge < -0.3 is 10.2 Å². The lowest BCUT2D eigenvalue weighted by Crippen LogP contribution is -2.19. The molecule has 104 valence electrons. The van der Waals surface area contributed by atoms with E-state index in [4.69, 9.17) is 0 Å². The number of aromatic nitrogens is 2. The molecule has 1 aromatic carbocycles. The van der Waals surface area contributed by atoms with Crippen LogP contribution in [0.2, 0.25) is 0 Å². The van der Waals surface area contributed by atoms with Gasteiger partial charge in [0.15, 0.2) is 0 Å². The van der Waals surface area contributed by atoms with Gasteiger partial charge in [-0.3, -0.25) is 0 Å². The molecule has 0 bridgehead atoms. The van der Waals surface area contributed by atoms with Gasteiger partial charge in [-0.15, -0.1) is 0 Å². The molecule has 1 fully saturated rings. The Morgan fingerprint density at radius 2 is 1.95 bits per heavy atom. The van der Waals surface area contributed by atoms with Crippen LogP contribution in [-0.2, 0) is 6.54 Å². The highest BCUT2D eigenvalue weighted by atomic mass is 19.1. The lowest BCUT2D eigenvalue weighted by atomic mass is 10.2. The van der Waals surface area contributed by atoms with Gasteiger partial charge in [-0.1, -0.05) is 18.2 Å². The standard InChI is InChI=1S/C15H17FN4/c16-13-6-2-1-5-12(13)11-18-15-17-8-7-14(19-15)20-9-3-4-10-20/h1-2,5-8H,3-4,9-11H2,(H,17,18,19). The van der Waals surface area contributed by atoms with E-state index in [1.807, 2.05) is 12.1 Å². The second-order valence-electron chi connectivity index (χ2n) is 4.88. The van der Waals surface area contributed by atoms with Crippen molar-refractivity contribution in [2.45, 2.75) is 19.4 Å². The maximum Gasteiger partial charge on any atom is 0.224 e. The zero-order valence-corrected chi connectivity index (χ0v) is 11.2. The van der Waals surface area contributed by atoms with Gasteiger partial charge in [0.05, 0.1) is 0 Å². The molecule has 0 unspecified atom stereocenters. The van der Waals surface area contributed by atoms with Crippen LogP contribution >= 0.6 is 0 Å². The van der Waals surface area contributed by atoms with Gasteiger partial charge in [-0.2, -0.15) is 4.98 Å². The maximum atomic E-state index is 13.5. The molecule has 3 rings (SSSR count). The molecule has 5 heteroatoms. The molecule has 2 heterocycles. The van der Waals surface area contributed by atoms with Gasteiger partial charge in [0.1, 0.15) is 11.6 Å². The minimum Gasteiger partial charge on any atom is -0.356 e. The summed E-state index contributed by atoms with van der Waals surface area (Å²) in [6.07, 6.45) is 4.16. The third kappa shape index (κ3) is 2.87. The van der Waals surface area contributed by atoms with Gasteiger partial charge in [0.25, 0.3) is 0 Å². The van der Waals surface area contributed by atoms with Crippen molar-refractivity contribution >= 4 is 11.8 Å². The number of hydrogen-bond donors (Lipinski definition) is 1. The molecule has 0 amide bonds. The van der Waals surface area contributed by atoms with E-state index in [1.165, 1.54) is 18.9 Å². The molecule has 1 saturated heterocycles. The second kappa shape index (κ2) is 5.86. The van der Waals surface area contributed by atoms with E-state index < -0.39 is 0 Å². The van der Waals surface area contributed by atoms with Crippen LogP contribution in [0.1, 0.15) is 18.4 Å². The van der Waals surface area contributed by atoms with Crippen LogP contribution < -0.4 is 10.2 Å². The molecule has 1 N–H and O–H groups in total. The molecule has 4 nitrogen and oxygen atoms in total. The van der Waals surface area contributed by atoms with Crippen LogP contribution in [0.3, 0.4) is 0 Å². The van der Waals surface area contributed by atoms with E-state index in [0.29, 0.717) is 18.1 Å². The average molecular weight is 272 g/mol. The third-order valence-corrected chi connectivity index (χ3v) is 3.47. The molecule has 0 spiro atoms. The summed E-state index contributed by atoms with van der Waals surface area (Å²) in [6.45, 7) is 2.48. The smallest absolute Gasteiger partial charge is 0.224 e. The predicted molar refractivity (Wildman–Crippen MR) is 77.2 cm³/mol. The van der Waals surface area contributed by atoms with Gasteiger partial charge in [-0.25, -0.2) is 9.37 Å². The maximum absolute atomic E-state index is 13.5. The number of nitrogens with zero attached hydrogens (tertiary/aromatic N) is 3. The topological polar surface area (TPSA) is 41.1 Å². The molecule has 20 heavy (non-hydrogen) atoms. The summed E-state index contributed by atoms with van der Waals surface area (Å²) in [4.78, 5) is 10.9. The van der Waals surface area contributed by atoms with Crippen molar-refractivity contribution in [1.29, 1.82) is 0 Å². The first-order valence-electron chi connectivity index (χ1n) is 6.88. The highest BCUT2D eigenvalue weighted by Crippen LogP contribution is 2.18. The highest BCUT2D eigenvalue weighted by molar-refractivity contribution is 5.43. The van der Waals surface area contributed by atoms with Crippen molar-refractivity contribution in [3.05, 3.63) is 47.9 Å². The highest BCUT2D eigenvalue weighted by Gasteiger charge is 2.13. The predicted octanol–water partition coefficient (Wildman–Crippen LogP) is 2.83. The summed E-state index contributed by atoms with van der Waals surface area (Å²) < 4.78 is 13.5. The summed E-state index contributed by atoms with van der Waals surface area (Å²) in [5.41, 5.74) is 0.614. The number of nitrogens with one attached hydrogen (secondary N) is 1. The van der Waals surface area contributed by atoms with E-state index in [0.717, 1.165) is 18.9 Å². The fourth-order valence-electron chi connectivity index (χ4n) is 2.37. The molecular formula is C15H17FN4. The molecular weight excluding hydrogens is 255 g/mol. The van der Waals surface area contributed by atoms with Crippen LogP contribution in [0.5, 0.6) is 0 Å². The Kier molecular flexibility index (Phi) is 3.76. The van der Waals surface area contributed by atoms with E-state index in [2.05, 4.69) is 20.2 Å². The fourth-order valence-corrected chi connectivity index (χ4v) is 2.37. The second-order valence-corrected chi connectivity index (χ2v) is 4.88. The van der Waals surface area contributed by atoms with Crippen LogP contribution in [0.25, 0.3) is 0 Å². The van der Waals surface area contributed by atoms with E-state index in [1.54, 1.807) is 18.3 Å². The van der Waals surface area contributed by atoms with Crippen LogP contribution in [0.15, 0.2) is 36.5 Å². The quantitative estimate of drug-likeness (QED) is 0.929. The largest absolute Gasteiger partial charge is 0.356 e.